The molecule has 0 saturated carbocycles. The molecule has 0 aliphatic heterocycles. The molecule has 0 spiro atoms. The lowest BCUT2D eigenvalue weighted by atomic mass is 10.2. The second kappa shape index (κ2) is 5.26. The number of nitrogens with one attached hydrogen (secondary N) is 1. The molecule has 3 rings (SSSR count). The third kappa shape index (κ3) is 2.60. The van der Waals surface area contributed by atoms with Crippen LogP contribution in [0.2, 0.25) is 0 Å². The van der Waals surface area contributed by atoms with Crippen LogP contribution in [0.3, 0.4) is 0 Å². The van der Waals surface area contributed by atoms with Gasteiger partial charge in [-0.2, -0.15) is 0 Å². The number of aromatic nitrogens is 2. The zero-order valence-electron chi connectivity index (χ0n) is 10.7. The van der Waals surface area contributed by atoms with Crippen LogP contribution in [0.15, 0.2) is 46.3 Å². The third-order valence-corrected chi connectivity index (χ3v) is 3.47. The van der Waals surface area contributed by atoms with Gasteiger partial charge in [0, 0.05) is 10.9 Å². The van der Waals surface area contributed by atoms with E-state index in [4.69, 9.17) is 4.42 Å². The van der Waals surface area contributed by atoms with E-state index < -0.39 is 5.91 Å². The highest BCUT2D eigenvalue weighted by atomic mass is 32.1. The molecule has 0 atom stereocenters. The summed E-state index contributed by atoms with van der Waals surface area (Å²) >= 11 is 1.36. The van der Waals surface area contributed by atoms with Gasteiger partial charge in [-0.25, -0.2) is 9.97 Å². The zero-order chi connectivity index (χ0) is 13.9. The van der Waals surface area contributed by atoms with Gasteiger partial charge in [-0.1, -0.05) is 30.3 Å². The Morgan fingerprint density at radius 2 is 2.10 bits per heavy atom. The van der Waals surface area contributed by atoms with Gasteiger partial charge in [0.15, 0.2) is 10.9 Å². The first kappa shape index (κ1) is 12.6. The fourth-order valence-corrected chi connectivity index (χ4v) is 2.36. The van der Waals surface area contributed by atoms with Crippen molar-refractivity contribution in [2.24, 2.45) is 0 Å². The van der Waals surface area contributed by atoms with Crippen LogP contribution in [0.1, 0.15) is 16.4 Å². The Morgan fingerprint density at radius 3 is 2.80 bits per heavy atom. The molecule has 0 unspecified atom stereocenters. The number of amides is 1. The predicted molar refractivity (Wildman–Crippen MR) is 76.7 cm³/mol. The molecule has 100 valence electrons. The van der Waals surface area contributed by atoms with E-state index >= 15 is 0 Å². The molecule has 0 aliphatic rings. The number of aryl methyl sites for hydroxylation is 1. The molecule has 2 heterocycles. The van der Waals surface area contributed by atoms with Crippen LogP contribution in [0.4, 0.5) is 5.13 Å². The largest absolute Gasteiger partial charge is 0.432 e. The number of carbonyl (C=O) groups is 1. The Bertz CT molecular complexity index is 734. The molecule has 1 aromatic carbocycles. The number of hydrogen-bond donors (Lipinski definition) is 1. The van der Waals surface area contributed by atoms with Crippen molar-refractivity contribution in [3.05, 3.63) is 53.5 Å². The van der Waals surface area contributed by atoms with Gasteiger partial charge in [-0.3, -0.25) is 10.1 Å². The number of thiazole rings is 1. The van der Waals surface area contributed by atoms with Crippen LogP contribution in [0.5, 0.6) is 0 Å². The predicted octanol–water partition coefficient (Wildman–Crippen LogP) is 3.36. The minimum absolute atomic E-state index is 0.0247. The summed E-state index contributed by atoms with van der Waals surface area (Å²) in [5, 5.41) is 5.05. The number of anilines is 1. The first-order chi connectivity index (χ1) is 9.72. The molecule has 0 saturated heterocycles. The standard InChI is InChI=1S/C14H11N3O2S/c1-9-8-20-14(16-9)17-12(18)13-15-7-11(19-13)10-5-3-2-4-6-10/h2-8H,1H3,(H,16,17,18). The summed E-state index contributed by atoms with van der Waals surface area (Å²) in [6, 6.07) is 9.50. The van der Waals surface area contributed by atoms with Crippen LogP contribution < -0.4 is 5.32 Å². The molecule has 0 aliphatic carbocycles. The monoisotopic (exact) mass is 285 g/mol. The van der Waals surface area contributed by atoms with E-state index in [0.29, 0.717) is 10.9 Å². The van der Waals surface area contributed by atoms with Crippen molar-refractivity contribution in [2.75, 3.05) is 5.32 Å². The summed E-state index contributed by atoms with van der Waals surface area (Å²) in [6.07, 6.45) is 1.54. The van der Waals surface area contributed by atoms with E-state index in [1.165, 1.54) is 17.5 Å². The molecule has 0 bridgehead atoms. The van der Waals surface area contributed by atoms with Crippen LogP contribution in [-0.4, -0.2) is 15.9 Å². The number of nitrogens with zero attached hydrogens (tertiary/aromatic N) is 2. The lowest BCUT2D eigenvalue weighted by molar-refractivity contribution is 0.0991. The molecule has 20 heavy (non-hydrogen) atoms. The minimum atomic E-state index is -0.401. The summed E-state index contributed by atoms with van der Waals surface area (Å²) in [5.41, 5.74) is 1.74. The maximum atomic E-state index is 12.0. The summed E-state index contributed by atoms with van der Waals surface area (Å²) < 4.78 is 5.46. The Balaban J connectivity index is 1.78. The second-order valence-corrected chi connectivity index (χ2v) is 5.00. The summed E-state index contributed by atoms with van der Waals surface area (Å²) in [4.78, 5) is 20.1. The number of carbonyl (C=O) groups excluding carboxylic acids is 1. The van der Waals surface area contributed by atoms with Gasteiger partial charge in [0.1, 0.15) is 0 Å². The van der Waals surface area contributed by atoms with E-state index in [1.807, 2.05) is 42.6 Å². The quantitative estimate of drug-likeness (QED) is 0.801. The number of benzene rings is 1. The van der Waals surface area contributed by atoms with Crippen LogP contribution >= 0.6 is 11.3 Å². The lowest BCUT2D eigenvalue weighted by Crippen LogP contribution is -2.11. The lowest BCUT2D eigenvalue weighted by Gasteiger charge is -1.97. The van der Waals surface area contributed by atoms with Gasteiger partial charge in [0.2, 0.25) is 0 Å². The number of rotatable bonds is 3. The molecular weight excluding hydrogens is 274 g/mol. The van der Waals surface area contributed by atoms with E-state index in [2.05, 4.69) is 15.3 Å². The van der Waals surface area contributed by atoms with E-state index in [9.17, 15) is 4.79 Å². The Hall–Kier alpha value is -2.47. The van der Waals surface area contributed by atoms with Crippen molar-refractivity contribution < 1.29 is 9.21 Å². The smallest absolute Gasteiger partial charge is 0.313 e. The molecule has 0 radical (unpaired) electrons. The van der Waals surface area contributed by atoms with Crippen molar-refractivity contribution in [2.45, 2.75) is 6.92 Å². The van der Waals surface area contributed by atoms with Crippen molar-refractivity contribution >= 4 is 22.4 Å². The molecule has 2 aromatic heterocycles. The Labute approximate surface area is 119 Å². The molecule has 6 heteroatoms. The van der Waals surface area contributed by atoms with Crippen LogP contribution in [0.25, 0.3) is 11.3 Å². The molecule has 5 nitrogen and oxygen atoms in total. The van der Waals surface area contributed by atoms with Gasteiger partial charge < -0.3 is 4.42 Å². The van der Waals surface area contributed by atoms with Crippen LogP contribution in [-0.2, 0) is 0 Å². The fraction of sp³-hybridized carbons (Fsp3) is 0.0714. The summed E-state index contributed by atoms with van der Waals surface area (Å²) in [7, 11) is 0. The molecule has 1 amide bonds. The molecule has 1 N–H and O–H groups in total. The fourth-order valence-electron chi connectivity index (χ4n) is 1.68. The van der Waals surface area contributed by atoms with E-state index in [-0.39, 0.29) is 5.89 Å². The maximum Gasteiger partial charge on any atom is 0.313 e. The van der Waals surface area contributed by atoms with Gasteiger partial charge in [0.05, 0.1) is 11.9 Å². The van der Waals surface area contributed by atoms with Gasteiger partial charge >= 0.3 is 5.91 Å². The normalized spacial score (nSPS) is 10.4. The average molecular weight is 285 g/mol. The first-order valence-electron chi connectivity index (χ1n) is 5.97. The second-order valence-electron chi connectivity index (χ2n) is 4.14. The van der Waals surface area contributed by atoms with Gasteiger partial charge in [0.25, 0.3) is 5.89 Å². The SMILES string of the molecule is Cc1csc(NC(=O)c2ncc(-c3ccccc3)o2)n1. The molecular formula is C14H11N3O2S. The zero-order valence-corrected chi connectivity index (χ0v) is 11.5. The number of oxazole rings is 1. The third-order valence-electron chi connectivity index (χ3n) is 2.60. The maximum absolute atomic E-state index is 12.0. The van der Waals surface area contributed by atoms with Crippen LogP contribution in [0, 0.1) is 6.92 Å². The first-order valence-corrected chi connectivity index (χ1v) is 6.85. The minimum Gasteiger partial charge on any atom is -0.432 e. The Kier molecular flexibility index (Phi) is 3.30. The Morgan fingerprint density at radius 1 is 1.30 bits per heavy atom. The topological polar surface area (TPSA) is 68.0 Å². The van der Waals surface area contributed by atoms with Crippen molar-refractivity contribution in [1.82, 2.24) is 9.97 Å². The highest BCUT2D eigenvalue weighted by Crippen LogP contribution is 2.21. The number of hydrogen-bond acceptors (Lipinski definition) is 5. The van der Waals surface area contributed by atoms with E-state index in [1.54, 1.807) is 0 Å². The molecule has 3 aromatic rings. The summed E-state index contributed by atoms with van der Waals surface area (Å²) in [5.74, 6) is 0.185. The molecule has 0 fully saturated rings. The average Bonchev–Trinajstić information content (AvgIpc) is 3.09. The summed E-state index contributed by atoms with van der Waals surface area (Å²) in [6.45, 7) is 1.87. The van der Waals surface area contributed by atoms with Gasteiger partial charge in [-0.05, 0) is 6.92 Å². The highest BCUT2D eigenvalue weighted by molar-refractivity contribution is 7.13. The van der Waals surface area contributed by atoms with E-state index in [0.717, 1.165) is 11.3 Å². The van der Waals surface area contributed by atoms with Gasteiger partial charge in [-0.15, -0.1) is 11.3 Å². The van der Waals surface area contributed by atoms with Crippen molar-refractivity contribution in [3.63, 3.8) is 0 Å². The van der Waals surface area contributed by atoms with Crippen molar-refractivity contribution in [1.29, 1.82) is 0 Å². The highest BCUT2D eigenvalue weighted by Gasteiger charge is 2.15. The van der Waals surface area contributed by atoms with Crippen molar-refractivity contribution in [3.8, 4) is 11.3 Å².